The molecule has 0 aliphatic carbocycles. The zero-order chi connectivity index (χ0) is 14.8. The van der Waals surface area contributed by atoms with Crippen molar-refractivity contribution in [3.05, 3.63) is 46.1 Å². The van der Waals surface area contributed by atoms with Crippen molar-refractivity contribution in [3.63, 3.8) is 0 Å². The monoisotopic (exact) mass is 320 g/mol. The van der Waals surface area contributed by atoms with Gasteiger partial charge in [0.15, 0.2) is 0 Å². The molecule has 2 heterocycles. The molecule has 0 fully saturated rings. The van der Waals surface area contributed by atoms with Crippen LogP contribution >= 0.6 is 23.2 Å². The molecule has 0 bridgehead atoms. The third-order valence-corrected chi connectivity index (χ3v) is 4.24. The smallest absolute Gasteiger partial charge is 0.0981 e. The van der Waals surface area contributed by atoms with Crippen molar-refractivity contribution < 1.29 is 0 Å². The summed E-state index contributed by atoms with van der Waals surface area (Å²) >= 11 is 11.9. The topological polar surface area (TPSA) is 60.6 Å². The highest BCUT2D eigenvalue weighted by atomic mass is 35.5. The van der Waals surface area contributed by atoms with Crippen molar-refractivity contribution in [2.75, 3.05) is 0 Å². The summed E-state index contributed by atoms with van der Waals surface area (Å²) in [5, 5.41) is 12.4. The molecule has 0 amide bonds. The van der Waals surface area contributed by atoms with Crippen LogP contribution in [0.5, 0.6) is 0 Å². The minimum Gasteiger partial charge on any atom is -0.364 e. The molecule has 108 valence electrons. The van der Waals surface area contributed by atoms with Gasteiger partial charge < -0.3 is 10.7 Å². The van der Waals surface area contributed by atoms with E-state index in [0.717, 1.165) is 11.4 Å². The molecule has 2 aliphatic heterocycles. The van der Waals surface area contributed by atoms with Gasteiger partial charge in [0.2, 0.25) is 0 Å². The quantitative estimate of drug-likeness (QED) is 0.820. The third kappa shape index (κ3) is 3.17. The minimum atomic E-state index is 0.136. The molecule has 2 atom stereocenters. The highest BCUT2D eigenvalue weighted by Crippen LogP contribution is 2.23. The van der Waals surface area contributed by atoms with Crippen LogP contribution in [-0.2, 0) is 0 Å². The lowest BCUT2D eigenvalue weighted by molar-refractivity contribution is 0.734. The Hall–Kier alpha value is -1.65. The lowest BCUT2D eigenvalue weighted by Gasteiger charge is -2.12. The molecule has 0 aromatic heterocycles. The summed E-state index contributed by atoms with van der Waals surface area (Å²) in [6.07, 6.45) is 6.92. The van der Waals surface area contributed by atoms with Crippen molar-refractivity contribution >= 4 is 41.0 Å². The number of benzene rings is 1. The first kappa shape index (κ1) is 14.3. The molecular formula is C15H14Cl2N4. The van der Waals surface area contributed by atoms with Crippen molar-refractivity contribution in [2.24, 2.45) is 9.98 Å². The lowest BCUT2D eigenvalue weighted by atomic mass is 10.1. The van der Waals surface area contributed by atoms with Crippen molar-refractivity contribution in [2.45, 2.75) is 24.9 Å². The highest BCUT2D eigenvalue weighted by Gasteiger charge is 2.26. The van der Waals surface area contributed by atoms with Crippen LogP contribution in [0.1, 0.15) is 18.4 Å². The molecular weight excluding hydrogens is 307 g/mol. The zero-order valence-corrected chi connectivity index (χ0v) is 12.7. The number of hydrogen-bond acceptors (Lipinski definition) is 4. The van der Waals surface area contributed by atoms with E-state index in [4.69, 9.17) is 28.6 Å². The Morgan fingerprint density at radius 3 is 2.90 bits per heavy atom. The van der Waals surface area contributed by atoms with Gasteiger partial charge in [0.05, 0.1) is 28.0 Å². The number of hydrogen-bond donors (Lipinski definition) is 2. The molecule has 0 saturated carbocycles. The van der Waals surface area contributed by atoms with E-state index in [-0.39, 0.29) is 12.1 Å². The zero-order valence-electron chi connectivity index (χ0n) is 11.2. The fraction of sp³-hybridized carbons (Fsp3) is 0.267. The lowest BCUT2D eigenvalue weighted by Crippen LogP contribution is -2.36. The number of rotatable bonds is 4. The molecule has 21 heavy (non-hydrogen) atoms. The van der Waals surface area contributed by atoms with E-state index < -0.39 is 0 Å². The van der Waals surface area contributed by atoms with E-state index in [1.54, 1.807) is 18.3 Å². The van der Waals surface area contributed by atoms with Crippen LogP contribution in [0.3, 0.4) is 0 Å². The Kier molecular flexibility index (Phi) is 4.08. The van der Waals surface area contributed by atoms with Gasteiger partial charge in [0.1, 0.15) is 0 Å². The average Bonchev–Trinajstić information content (AvgIpc) is 2.90. The maximum atomic E-state index is 8.14. The molecule has 1 aromatic rings. The molecule has 6 heteroatoms. The van der Waals surface area contributed by atoms with Gasteiger partial charge in [-0.2, -0.15) is 0 Å². The van der Waals surface area contributed by atoms with Crippen molar-refractivity contribution in [3.8, 4) is 0 Å². The van der Waals surface area contributed by atoms with Gasteiger partial charge in [-0.3, -0.25) is 9.98 Å². The molecule has 4 nitrogen and oxygen atoms in total. The van der Waals surface area contributed by atoms with Crippen LogP contribution in [0.2, 0.25) is 10.0 Å². The highest BCUT2D eigenvalue weighted by molar-refractivity contribution is 6.42. The largest absolute Gasteiger partial charge is 0.364 e. The SMILES string of the molecule is N=C(CCC1=NC2C=CN=CC2N1)c1ccc(Cl)c(Cl)c1. The summed E-state index contributed by atoms with van der Waals surface area (Å²) in [4.78, 5) is 8.70. The molecule has 2 unspecified atom stereocenters. The summed E-state index contributed by atoms with van der Waals surface area (Å²) in [6, 6.07) is 5.55. The van der Waals surface area contributed by atoms with Gasteiger partial charge in [0.25, 0.3) is 0 Å². The van der Waals surface area contributed by atoms with E-state index in [2.05, 4.69) is 15.3 Å². The fourth-order valence-corrected chi connectivity index (χ4v) is 2.65. The Balaban J connectivity index is 1.60. The van der Waals surface area contributed by atoms with Crippen LogP contribution < -0.4 is 5.32 Å². The fourth-order valence-electron chi connectivity index (χ4n) is 2.35. The van der Waals surface area contributed by atoms with Crippen molar-refractivity contribution in [1.82, 2.24) is 5.32 Å². The van der Waals surface area contributed by atoms with E-state index in [0.29, 0.717) is 28.6 Å². The van der Waals surface area contributed by atoms with Gasteiger partial charge in [-0.15, -0.1) is 0 Å². The van der Waals surface area contributed by atoms with Gasteiger partial charge in [-0.1, -0.05) is 29.3 Å². The first-order valence-electron chi connectivity index (χ1n) is 6.69. The maximum absolute atomic E-state index is 8.14. The summed E-state index contributed by atoms with van der Waals surface area (Å²) in [5.41, 5.74) is 1.32. The Labute approximate surface area is 133 Å². The van der Waals surface area contributed by atoms with E-state index in [9.17, 15) is 0 Å². The Bertz CT molecular complexity index is 664. The molecule has 1 aromatic carbocycles. The van der Waals surface area contributed by atoms with E-state index in [1.807, 2.05) is 18.4 Å². The standard InChI is InChI=1S/C15H14Cl2N4/c16-10-2-1-9(7-11(10)17)12(18)3-4-15-20-13-5-6-19-8-14(13)21-15/h1-2,5-8,13-14,18H,3-4H2,(H,20,21). The molecule has 2 aliphatic rings. The van der Waals surface area contributed by atoms with E-state index >= 15 is 0 Å². The van der Waals surface area contributed by atoms with E-state index in [1.165, 1.54) is 0 Å². The normalized spacial score (nSPS) is 22.7. The minimum absolute atomic E-state index is 0.136. The van der Waals surface area contributed by atoms with Gasteiger partial charge >= 0.3 is 0 Å². The first-order chi connectivity index (χ1) is 10.1. The summed E-state index contributed by atoms with van der Waals surface area (Å²) < 4.78 is 0. The van der Waals surface area contributed by atoms with Gasteiger partial charge in [0, 0.05) is 24.5 Å². The Morgan fingerprint density at radius 2 is 2.14 bits per heavy atom. The van der Waals surface area contributed by atoms with Gasteiger partial charge in [-0.05, 0) is 30.2 Å². The first-order valence-corrected chi connectivity index (χ1v) is 7.45. The van der Waals surface area contributed by atoms with Crippen LogP contribution in [0.15, 0.2) is 40.5 Å². The average molecular weight is 321 g/mol. The number of amidine groups is 1. The van der Waals surface area contributed by atoms with Crippen LogP contribution in [0.4, 0.5) is 0 Å². The predicted octanol–water partition coefficient (Wildman–Crippen LogP) is 3.48. The number of nitrogens with one attached hydrogen (secondary N) is 2. The van der Waals surface area contributed by atoms with Gasteiger partial charge in [-0.25, -0.2) is 0 Å². The second-order valence-corrected chi connectivity index (χ2v) is 5.80. The van der Waals surface area contributed by atoms with Crippen LogP contribution in [-0.4, -0.2) is 29.8 Å². The maximum Gasteiger partial charge on any atom is 0.0981 e. The summed E-state index contributed by atoms with van der Waals surface area (Å²) in [5.74, 6) is 0.924. The predicted molar refractivity (Wildman–Crippen MR) is 88.3 cm³/mol. The van der Waals surface area contributed by atoms with Crippen molar-refractivity contribution in [1.29, 1.82) is 5.41 Å². The number of fused-ring (bicyclic) bond motifs is 1. The molecule has 0 radical (unpaired) electrons. The number of halogens is 2. The molecule has 3 rings (SSSR count). The second-order valence-electron chi connectivity index (χ2n) is 4.98. The third-order valence-electron chi connectivity index (χ3n) is 3.50. The molecule has 2 N–H and O–H groups in total. The summed E-state index contributed by atoms with van der Waals surface area (Å²) in [7, 11) is 0. The number of nitrogens with zero attached hydrogens (tertiary/aromatic N) is 2. The summed E-state index contributed by atoms with van der Waals surface area (Å²) in [6.45, 7) is 0. The Morgan fingerprint density at radius 1 is 1.29 bits per heavy atom. The molecule has 0 saturated heterocycles. The van der Waals surface area contributed by atoms with Crippen LogP contribution in [0.25, 0.3) is 0 Å². The van der Waals surface area contributed by atoms with Crippen LogP contribution in [0, 0.1) is 5.41 Å². The number of aliphatic imine (C=N–C) groups is 2. The molecule has 0 spiro atoms. The second kappa shape index (κ2) is 6.00.